The van der Waals surface area contributed by atoms with Gasteiger partial charge in [-0.15, -0.1) is 11.8 Å². The Bertz CT molecular complexity index is 684. The lowest BCUT2D eigenvalue weighted by molar-refractivity contribution is 0.0742. The van der Waals surface area contributed by atoms with Crippen molar-refractivity contribution in [2.45, 2.75) is 24.0 Å². The van der Waals surface area contributed by atoms with E-state index in [1.165, 1.54) is 0 Å². The molecule has 1 aromatic heterocycles. The van der Waals surface area contributed by atoms with Crippen molar-refractivity contribution in [3.8, 4) is 0 Å². The van der Waals surface area contributed by atoms with E-state index in [2.05, 4.69) is 28.7 Å². The standard InChI is InChI=1S/C18H22N4OS/c1-14(2)24-16-7-4-3-6-15(16)17(23)21-10-12-22(13-11-21)18-19-8-5-9-20-18/h3-9,14H,10-13H2,1-2H3. The first-order valence-electron chi connectivity index (χ1n) is 8.22. The molecule has 1 aliphatic rings. The highest BCUT2D eigenvalue weighted by molar-refractivity contribution is 8.00. The highest BCUT2D eigenvalue weighted by Crippen LogP contribution is 2.27. The summed E-state index contributed by atoms with van der Waals surface area (Å²) in [6.07, 6.45) is 3.50. The SMILES string of the molecule is CC(C)Sc1ccccc1C(=O)N1CCN(c2ncccn2)CC1. The van der Waals surface area contributed by atoms with Crippen molar-refractivity contribution in [1.82, 2.24) is 14.9 Å². The molecule has 126 valence electrons. The first-order chi connectivity index (χ1) is 11.6. The Morgan fingerprint density at radius 2 is 1.71 bits per heavy atom. The predicted octanol–water partition coefficient (Wildman–Crippen LogP) is 2.94. The van der Waals surface area contributed by atoms with E-state index in [1.54, 1.807) is 24.2 Å². The van der Waals surface area contributed by atoms with E-state index in [1.807, 2.05) is 35.2 Å². The first kappa shape index (κ1) is 16.8. The van der Waals surface area contributed by atoms with Crippen LogP contribution >= 0.6 is 11.8 Å². The number of piperazine rings is 1. The molecular weight excluding hydrogens is 320 g/mol. The van der Waals surface area contributed by atoms with E-state index in [9.17, 15) is 4.79 Å². The highest BCUT2D eigenvalue weighted by atomic mass is 32.2. The number of anilines is 1. The molecule has 1 aromatic carbocycles. The molecule has 2 aromatic rings. The average molecular weight is 342 g/mol. The van der Waals surface area contributed by atoms with Crippen LogP contribution in [-0.2, 0) is 0 Å². The van der Waals surface area contributed by atoms with Gasteiger partial charge >= 0.3 is 0 Å². The minimum Gasteiger partial charge on any atom is -0.337 e. The second-order valence-corrected chi connectivity index (χ2v) is 7.61. The Morgan fingerprint density at radius 3 is 2.38 bits per heavy atom. The van der Waals surface area contributed by atoms with Crippen molar-refractivity contribution in [3.63, 3.8) is 0 Å². The number of aromatic nitrogens is 2. The molecule has 1 amide bonds. The lowest BCUT2D eigenvalue weighted by Gasteiger charge is -2.35. The van der Waals surface area contributed by atoms with Crippen molar-refractivity contribution in [3.05, 3.63) is 48.3 Å². The Balaban J connectivity index is 1.68. The van der Waals surface area contributed by atoms with Crippen LogP contribution in [-0.4, -0.2) is 52.2 Å². The van der Waals surface area contributed by atoms with E-state index in [4.69, 9.17) is 0 Å². The zero-order valence-corrected chi connectivity index (χ0v) is 14.9. The summed E-state index contributed by atoms with van der Waals surface area (Å²) in [5.41, 5.74) is 0.806. The zero-order valence-electron chi connectivity index (χ0n) is 14.1. The molecule has 1 aliphatic heterocycles. The largest absolute Gasteiger partial charge is 0.337 e. The Kier molecular flexibility index (Phi) is 5.35. The fraction of sp³-hybridized carbons (Fsp3) is 0.389. The molecule has 0 atom stereocenters. The summed E-state index contributed by atoms with van der Waals surface area (Å²) >= 11 is 1.74. The molecule has 1 fully saturated rings. The summed E-state index contributed by atoms with van der Waals surface area (Å²) in [6, 6.07) is 9.70. The summed E-state index contributed by atoms with van der Waals surface area (Å²) in [5, 5.41) is 0.450. The maximum Gasteiger partial charge on any atom is 0.255 e. The molecule has 24 heavy (non-hydrogen) atoms. The molecule has 0 N–H and O–H groups in total. The van der Waals surface area contributed by atoms with E-state index in [-0.39, 0.29) is 5.91 Å². The van der Waals surface area contributed by atoms with E-state index in [0.29, 0.717) is 18.3 Å². The minimum absolute atomic E-state index is 0.118. The Hall–Kier alpha value is -2.08. The van der Waals surface area contributed by atoms with Gasteiger partial charge in [0.1, 0.15) is 0 Å². The summed E-state index contributed by atoms with van der Waals surface area (Å²) in [4.78, 5) is 26.6. The predicted molar refractivity (Wildman–Crippen MR) is 97.6 cm³/mol. The van der Waals surface area contributed by atoms with Gasteiger partial charge in [-0.05, 0) is 18.2 Å². The Labute approximate surface area is 147 Å². The molecule has 1 saturated heterocycles. The number of benzene rings is 1. The molecular formula is C18H22N4OS. The van der Waals surface area contributed by atoms with Gasteiger partial charge in [-0.2, -0.15) is 0 Å². The third-order valence-corrected chi connectivity index (χ3v) is 4.96. The summed E-state index contributed by atoms with van der Waals surface area (Å²) in [6.45, 7) is 7.19. The first-order valence-corrected chi connectivity index (χ1v) is 9.10. The van der Waals surface area contributed by atoms with Gasteiger partial charge in [0.15, 0.2) is 0 Å². The third kappa shape index (κ3) is 3.87. The van der Waals surface area contributed by atoms with E-state index >= 15 is 0 Å². The fourth-order valence-corrected chi connectivity index (χ4v) is 3.68. The molecule has 3 rings (SSSR count). The number of thioether (sulfide) groups is 1. The molecule has 5 nitrogen and oxygen atoms in total. The number of nitrogens with zero attached hydrogens (tertiary/aromatic N) is 4. The van der Waals surface area contributed by atoms with Gasteiger partial charge in [0, 0.05) is 48.7 Å². The minimum atomic E-state index is 0.118. The van der Waals surface area contributed by atoms with Gasteiger partial charge in [0.2, 0.25) is 5.95 Å². The van der Waals surface area contributed by atoms with Crippen LogP contribution in [0.5, 0.6) is 0 Å². The lowest BCUT2D eigenvalue weighted by Crippen LogP contribution is -2.49. The van der Waals surface area contributed by atoms with Crippen LogP contribution in [0.3, 0.4) is 0 Å². The third-order valence-electron chi connectivity index (χ3n) is 3.88. The van der Waals surface area contributed by atoms with E-state index in [0.717, 1.165) is 29.5 Å². The number of carbonyl (C=O) groups excluding carboxylic acids is 1. The monoisotopic (exact) mass is 342 g/mol. The van der Waals surface area contributed by atoms with E-state index < -0.39 is 0 Å². The van der Waals surface area contributed by atoms with Gasteiger partial charge in [0.05, 0.1) is 5.56 Å². The van der Waals surface area contributed by atoms with Crippen LogP contribution in [0.25, 0.3) is 0 Å². The van der Waals surface area contributed by atoms with Crippen molar-refractivity contribution in [1.29, 1.82) is 0 Å². The second kappa shape index (κ2) is 7.66. The molecule has 2 heterocycles. The number of carbonyl (C=O) groups is 1. The van der Waals surface area contributed by atoms with Crippen LogP contribution in [0.2, 0.25) is 0 Å². The van der Waals surface area contributed by atoms with Crippen molar-refractivity contribution in [2.24, 2.45) is 0 Å². The van der Waals surface area contributed by atoms with Gasteiger partial charge in [-0.25, -0.2) is 9.97 Å². The quantitative estimate of drug-likeness (QED) is 0.800. The van der Waals surface area contributed by atoms with Gasteiger partial charge in [-0.3, -0.25) is 4.79 Å². The summed E-state index contributed by atoms with van der Waals surface area (Å²) in [5.74, 6) is 0.854. The molecule has 0 unspecified atom stereocenters. The van der Waals surface area contributed by atoms with Gasteiger partial charge < -0.3 is 9.80 Å². The van der Waals surface area contributed by atoms with Crippen molar-refractivity contribution >= 4 is 23.6 Å². The molecule has 0 radical (unpaired) electrons. The number of amides is 1. The van der Waals surface area contributed by atoms with Crippen molar-refractivity contribution in [2.75, 3.05) is 31.1 Å². The second-order valence-electron chi connectivity index (χ2n) is 5.99. The summed E-state index contributed by atoms with van der Waals surface area (Å²) in [7, 11) is 0. The van der Waals surface area contributed by atoms with Crippen LogP contribution in [0.15, 0.2) is 47.6 Å². The zero-order chi connectivity index (χ0) is 16.9. The summed E-state index contributed by atoms with van der Waals surface area (Å²) < 4.78 is 0. The Morgan fingerprint density at radius 1 is 1.04 bits per heavy atom. The highest BCUT2D eigenvalue weighted by Gasteiger charge is 2.24. The molecule has 0 bridgehead atoms. The number of hydrogen-bond acceptors (Lipinski definition) is 5. The number of hydrogen-bond donors (Lipinski definition) is 0. The lowest BCUT2D eigenvalue weighted by atomic mass is 10.2. The average Bonchev–Trinajstić information content (AvgIpc) is 2.62. The maximum absolute atomic E-state index is 12.9. The molecule has 6 heteroatoms. The van der Waals surface area contributed by atoms with Gasteiger partial charge in [-0.1, -0.05) is 26.0 Å². The van der Waals surface area contributed by atoms with Crippen molar-refractivity contribution < 1.29 is 4.79 Å². The maximum atomic E-state index is 12.9. The smallest absolute Gasteiger partial charge is 0.255 e. The van der Waals surface area contributed by atoms with Crippen LogP contribution in [0, 0.1) is 0 Å². The molecule has 0 spiro atoms. The van der Waals surface area contributed by atoms with Crippen LogP contribution in [0.4, 0.5) is 5.95 Å². The normalized spacial score (nSPS) is 15.0. The molecule has 0 aliphatic carbocycles. The van der Waals surface area contributed by atoms with Crippen LogP contribution in [0.1, 0.15) is 24.2 Å². The van der Waals surface area contributed by atoms with Gasteiger partial charge in [0.25, 0.3) is 5.91 Å². The van der Waals surface area contributed by atoms with Crippen LogP contribution < -0.4 is 4.90 Å². The topological polar surface area (TPSA) is 49.3 Å². The molecule has 0 saturated carbocycles. The fourth-order valence-electron chi connectivity index (χ4n) is 2.73. The number of rotatable bonds is 4.